The van der Waals surface area contributed by atoms with Crippen LogP contribution in [0.3, 0.4) is 0 Å². The molecule has 0 heterocycles. The Bertz CT molecular complexity index is 529. The fourth-order valence-electron chi connectivity index (χ4n) is 1.37. The molecule has 0 aliphatic heterocycles. The monoisotopic (exact) mass is 327 g/mol. The van der Waals surface area contributed by atoms with Crippen molar-refractivity contribution in [3.8, 4) is 0 Å². The van der Waals surface area contributed by atoms with Crippen molar-refractivity contribution in [1.82, 2.24) is 5.32 Å². The van der Waals surface area contributed by atoms with Gasteiger partial charge in [0.15, 0.2) is 0 Å². The van der Waals surface area contributed by atoms with Crippen molar-refractivity contribution >= 4 is 39.5 Å². The first-order valence-electron chi connectivity index (χ1n) is 5.47. The molecule has 1 aromatic carbocycles. The molecule has 1 atom stereocenters. The topological polar surface area (TPSA) is 101 Å². The van der Waals surface area contributed by atoms with Crippen LogP contribution < -0.4 is 16.4 Å². The van der Waals surface area contributed by atoms with Gasteiger partial charge in [0, 0.05) is 11.3 Å². The summed E-state index contributed by atoms with van der Waals surface area (Å²) in [5.41, 5.74) is 6.31. The second-order valence-electron chi connectivity index (χ2n) is 3.95. The SMILES string of the molecule is Cc1ccc(NC(=O)[C@H](C)Br)cc1C(=O)NC(N)=O. The number of aryl methyl sites for hydroxylation is 1. The van der Waals surface area contributed by atoms with Crippen LogP contribution in [0.1, 0.15) is 22.8 Å². The summed E-state index contributed by atoms with van der Waals surface area (Å²) >= 11 is 3.14. The van der Waals surface area contributed by atoms with Gasteiger partial charge in [-0.25, -0.2) is 4.79 Å². The van der Waals surface area contributed by atoms with Gasteiger partial charge in [0.05, 0.1) is 4.83 Å². The number of carbonyl (C=O) groups excluding carboxylic acids is 3. The largest absolute Gasteiger partial charge is 0.351 e. The zero-order chi connectivity index (χ0) is 14.6. The Morgan fingerprint density at radius 3 is 2.47 bits per heavy atom. The third-order valence-electron chi connectivity index (χ3n) is 2.35. The van der Waals surface area contributed by atoms with Gasteiger partial charge in [-0.1, -0.05) is 22.0 Å². The maximum Gasteiger partial charge on any atom is 0.319 e. The van der Waals surface area contributed by atoms with Gasteiger partial charge >= 0.3 is 6.03 Å². The van der Waals surface area contributed by atoms with Gasteiger partial charge in [-0.05, 0) is 31.5 Å². The van der Waals surface area contributed by atoms with E-state index in [1.807, 2.05) is 5.32 Å². The highest BCUT2D eigenvalue weighted by Crippen LogP contribution is 2.16. The van der Waals surface area contributed by atoms with Crippen LogP contribution in [0.4, 0.5) is 10.5 Å². The highest BCUT2D eigenvalue weighted by Gasteiger charge is 2.14. The molecule has 0 fully saturated rings. The zero-order valence-corrected chi connectivity index (χ0v) is 12.1. The molecule has 102 valence electrons. The lowest BCUT2D eigenvalue weighted by Gasteiger charge is -2.10. The van der Waals surface area contributed by atoms with E-state index in [4.69, 9.17) is 5.73 Å². The number of benzene rings is 1. The molecule has 0 radical (unpaired) electrons. The Balaban J connectivity index is 2.97. The molecule has 0 aliphatic rings. The van der Waals surface area contributed by atoms with Gasteiger partial charge in [0.2, 0.25) is 5.91 Å². The van der Waals surface area contributed by atoms with E-state index in [9.17, 15) is 14.4 Å². The molecular formula is C12H14BrN3O3. The van der Waals surface area contributed by atoms with Gasteiger partial charge < -0.3 is 11.1 Å². The fraction of sp³-hybridized carbons (Fsp3) is 0.250. The summed E-state index contributed by atoms with van der Waals surface area (Å²) in [5, 5.41) is 4.62. The molecule has 0 saturated carbocycles. The minimum Gasteiger partial charge on any atom is -0.351 e. The highest BCUT2D eigenvalue weighted by molar-refractivity contribution is 9.10. The van der Waals surface area contributed by atoms with E-state index in [0.29, 0.717) is 11.3 Å². The van der Waals surface area contributed by atoms with Crippen LogP contribution in [0.15, 0.2) is 18.2 Å². The number of urea groups is 1. The van der Waals surface area contributed by atoms with E-state index in [0.717, 1.165) is 0 Å². The number of hydrogen-bond donors (Lipinski definition) is 3. The molecule has 0 aliphatic carbocycles. The molecule has 1 aromatic rings. The Hall–Kier alpha value is -1.89. The molecule has 19 heavy (non-hydrogen) atoms. The first-order chi connectivity index (χ1) is 8.81. The molecule has 7 heteroatoms. The van der Waals surface area contributed by atoms with Crippen LogP contribution in [-0.2, 0) is 4.79 Å². The Labute approximate surface area is 118 Å². The second-order valence-corrected chi connectivity index (χ2v) is 5.33. The smallest absolute Gasteiger partial charge is 0.319 e. The fourth-order valence-corrected chi connectivity index (χ4v) is 1.48. The Morgan fingerprint density at radius 1 is 1.32 bits per heavy atom. The first kappa shape index (κ1) is 15.2. The van der Waals surface area contributed by atoms with Crippen molar-refractivity contribution < 1.29 is 14.4 Å². The normalized spacial score (nSPS) is 11.5. The second kappa shape index (κ2) is 6.33. The predicted octanol–water partition coefficient (Wildman–Crippen LogP) is 1.53. The van der Waals surface area contributed by atoms with Crippen molar-refractivity contribution in [1.29, 1.82) is 0 Å². The van der Waals surface area contributed by atoms with Crippen LogP contribution in [0.5, 0.6) is 0 Å². The average Bonchev–Trinajstić information content (AvgIpc) is 2.30. The summed E-state index contributed by atoms with van der Waals surface area (Å²) in [4.78, 5) is 33.5. The predicted molar refractivity (Wildman–Crippen MR) is 75.2 cm³/mol. The molecule has 1 rings (SSSR count). The molecule has 6 nitrogen and oxygen atoms in total. The number of nitrogens with one attached hydrogen (secondary N) is 2. The van der Waals surface area contributed by atoms with E-state index in [2.05, 4.69) is 21.2 Å². The zero-order valence-electron chi connectivity index (χ0n) is 10.5. The van der Waals surface area contributed by atoms with Crippen molar-refractivity contribution in [2.45, 2.75) is 18.7 Å². The van der Waals surface area contributed by atoms with Gasteiger partial charge in [0.25, 0.3) is 5.91 Å². The molecule has 4 N–H and O–H groups in total. The summed E-state index contributed by atoms with van der Waals surface area (Å²) in [6.45, 7) is 3.40. The molecule has 0 aromatic heterocycles. The average molecular weight is 328 g/mol. The molecule has 0 spiro atoms. The molecular weight excluding hydrogens is 314 g/mol. The number of primary amides is 1. The lowest BCUT2D eigenvalue weighted by Crippen LogP contribution is -2.35. The minimum absolute atomic E-state index is 0.231. The van der Waals surface area contributed by atoms with Gasteiger partial charge in [-0.3, -0.25) is 14.9 Å². The standard InChI is InChI=1S/C12H14BrN3O3/c1-6-3-4-8(15-10(17)7(2)13)5-9(6)11(18)16-12(14)19/h3-5,7H,1-2H3,(H,15,17)(H3,14,16,18,19)/t7-/m0/s1. The summed E-state index contributed by atoms with van der Waals surface area (Å²) in [5.74, 6) is -0.835. The summed E-state index contributed by atoms with van der Waals surface area (Å²) in [6.07, 6.45) is 0. The Kier molecular flexibility index (Phi) is 5.05. The van der Waals surface area contributed by atoms with E-state index in [-0.39, 0.29) is 16.3 Å². The first-order valence-corrected chi connectivity index (χ1v) is 6.39. The maximum absolute atomic E-state index is 11.7. The van der Waals surface area contributed by atoms with Crippen molar-refractivity contribution in [2.24, 2.45) is 5.73 Å². The van der Waals surface area contributed by atoms with Gasteiger partial charge in [0.1, 0.15) is 0 Å². The molecule has 0 saturated heterocycles. The van der Waals surface area contributed by atoms with E-state index < -0.39 is 11.9 Å². The molecule has 0 bridgehead atoms. The van der Waals surface area contributed by atoms with Crippen LogP contribution in [0, 0.1) is 6.92 Å². The number of imide groups is 1. The van der Waals surface area contributed by atoms with Gasteiger partial charge in [-0.2, -0.15) is 0 Å². The van der Waals surface area contributed by atoms with Crippen LogP contribution in [-0.4, -0.2) is 22.7 Å². The number of hydrogen-bond acceptors (Lipinski definition) is 3. The van der Waals surface area contributed by atoms with E-state index >= 15 is 0 Å². The number of alkyl halides is 1. The lowest BCUT2D eigenvalue weighted by atomic mass is 10.1. The quantitative estimate of drug-likeness (QED) is 0.733. The van der Waals surface area contributed by atoms with E-state index in [1.165, 1.54) is 6.07 Å². The maximum atomic E-state index is 11.7. The summed E-state index contributed by atoms with van der Waals surface area (Å²) in [6, 6.07) is 3.91. The minimum atomic E-state index is -0.923. The molecule has 0 unspecified atom stereocenters. The number of rotatable bonds is 3. The number of amides is 4. The van der Waals surface area contributed by atoms with Crippen LogP contribution in [0.25, 0.3) is 0 Å². The highest BCUT2D eigenvalue weighted by atomic mass is 79.9. The number of carbonyl (C=O) groups is 3. The number of anilines is 1. The third-order valence-corrected chi connectivity index (χ3v) is 2.76. The third kappa shape index (κ3) is 4.36. The van der Waals surface area contributed by atoms with Gasteiger partial charge in [-0.15, -0.1) is 0 Å². The number of nitrogens with two attached hydrogens (primary N) is 1. The van der Waals surface area contributed by atoms with Crippen molar-refractivity contribution in [2.75, 3.05) is 5.32 Å². The number of halogens is 1. The Morgan fingerprint density at radius 2 is 1.95 bits per heavy atom. The van der Waals surface area contributed by atoms with Crippen molar-refractivity contribution in [3.63, 3.8) is 0 Å². The summed E-state index contributed by atoms with van der Waals surface area (Å²) < 4.78 is 0. The summed E-state index contributed by atoms with van der Waals surface area (Å²) in [7, 11) is 0. The van der Waals surface area contributed by atoms with E-state index in [1.54, 1.807) is 26.0 Å². The molecule has 4 amide bonds. The van der Waals surface area contributed by atoms with Crippen molar-refractivity contribution in [3.05, 3.63) is 29.3 Å². The lowest BCUT2D eigenvalue weighted by molar-refractivity contribution is -0.115. The van der Waals surface area contributed by atoms with Crippen LogP contribution >= 0.6 is 15.9 Å². The van der Waals surface area contributed by atoms with Crippen LogP contribution in [0.2, 0.25) is 0 Å².